The fraction of sp³-hybridized carbons (Fsp3) is 0.571. The summed E-state index contributed by atoms with van der Waals surface area (Å²) in [5.74, 6) is 0.769. The molecule has 0 saturated carbocycles. The molecule has 0 amide bonds. The van der Waals surface area contributed by atoms with Gasteiger partial charge in [0.05, 0.1) is 4.90 Å². The molecule has 8 heteroatoms. The summed E-state index contributed by atoms with van der Waals surface area (Å²) >= 11 is 0. The molecule has 0 radical (unpaired) electrons. The Labute approximate surface area is 192 Å². The van der Waals surface area contributed by atoms with Crippen molar-refractivity contribution >= 4 is 40.0 Å². The zero-order valence-corrected chi connectivity index (χ0v) is 20.3. The largest absolute Gasteiger partial charge is 0.356 e. The van der Waals surface area contributed by atoms with Gasteiger partial charge >= 0.3 is 0 Å². The molecule has 1 fully saturated rings. The molecule has 29 heavy (non-hydrogen) atoms. The Balaban J connectivity index is 0.00000300. The van der Waals surface area contributed by atoms with Crippen molar-refractivity contribution < 1.29 is 8.42 Å². The molecule has 0 aromatic heterocycles. The van der Waals surface area contributed by atoms with Crippen LogP contribution >= 0.6 is 24.0 Å². The molecule has 2 aliphatic rings. The summed E-state index contributed by atoms with van der Waals surface area (Å²) in [6.07, 6.45) is 10.4. The molecule has 0 spiro atoms. The Morgan fingerprint density at radius 3 is 2.41 bits per heavy atom. The lowest BCUT2D eigenvalue weighted by atomic mass is 9.97. The SMILES string of the molecule is CN=C(NCCC1=CCCCC1)NCc1ccc(S(=O)(=O)N2CCCC2)cc1.I. The third-order valence-corrected chi connectivity index (χ3v) is 7.35. The van der Waals surface area contributed by atoms with Gasteiger partial charge in [0.25, 0.3) is 0 Å². The van der Waals surface area contributed by atoms with E-state index in [9.17, 15) is 8.42 Å². The van der Waals surface area contributed by atoms with Gasteiger partial charge in [0.1, 0.15) is 0 Å². The standard InChI is InChI=1S/C21H32N4O2S.HI/c1-22-21(23-14-13-18-7-3-2-4-8-18)24-17-19-9-11-20(12-10-19)28(26,27)25-15-5-6-16-25;/h7,9-12H,2-6,8,13-17H2,1H3,(H2,22,23,24);1H. The molecule has 3 rings (SSSR count). The lowest BCUT2D eigenvalue weighted by Gasteiger charge is -2.16. The summed E-state index contributed by atoms with van der Waals surface area (Å²) in [6, 6.07) is 7.15. The highest BCUT2D eigenvalue weighted by Crippen LogP contribution is 2.21. The molecular weight excluding hydrogens is 499 g/mol. The second-order valence-electron chi connectivity index (χ2n) is 7.47. The minimum Gasteiger partial charge on any atom is -0.356 e. The van der Waals surface area contributed by atoms with Crippen molar-refractivity contribution in [2.24, 2.45) is 4.99 Å². The van der Waals surface area contributed by atoms with Gasteiger partial charge in [-0.1, -0.05) is 23.8 Å². The van der Waals surface area contributed by atoms with Gasteiger partial charge in [0, 0.05) is 33.2 Å². The number of rotatable bonds is 7. The summed E-state index contributed by atoms with van der Waals surface area (Å²) in [5, 5.41) is 6.65. The quantitative estimate of drug-likeness (QED) is 0.244. The van der Waals surface area contributed by atoms with Gasteiger partial charge in [-0.05, 0) is 62.6 Å². The lowest BCUT2D eigenvalue weighted by molar-refractivity contribution is 0.477. The van der Waals surface area contributed by atoms with Crippen LogP contribution in [0.1, 0.15) is 50.5 Å². The second kappa shape index (κ2) is 11.9. The molecule has 1 aliphatic carbocycles. The van der Waals surface area contributed by atoms with Crippen molar-refractivity contribution in [3.8, 4) is 0 Å². The maximum atomic E-state index is 12.6. The van der Waals surface area contributed by atoms with Gasteiger partial charge in [0.15, 0.2) is 5.96 Å². The van der Waals surface area contributed by atoms with Crippen molar-refractivity contribution in [3.63, 3.8) is 0 Å². The van der Waals surface area contributed by atoms with Crippen LogP contribution in [0.5, 0.6) is 0 Å². The first-order valence-corrected chi connectivity index (χ1v) is 11.7. The average molecular weight is 532 g/mol. The van der Waals surface area contributed by atoms with Crippen LogP contribution in [-0.2, 0) is 16.6 Å². The number of allylic oxidation sites excluding steroid dienone is 1. The van der Waals surface area contributed by atoms with E-state index in [0.717, 1.165) is 37.3 Å². The highest BCUT2D eigenvalue weighted by atomic mass is 127. The monoisotopic (exact) mass is 532 g/mol. The molecule has 162 valence electrons. The summed E-state index contributed by atoms with van der Waals surface area (Å²) in [4.78, 5) is 4.64. The van der Waals surface area contributed by atoms with E-state index < -0.39 is 10.0 Å². The first-order chi connectivity index (χ1) is 13.6. The first-order valence-electron chi connectivity index (χ1n) is 10.3. The summed E-state index contributed by atoms with van der Waals surface area (Å²) < 4.78 is 26.7. The zero-order chi connectivity index (χ0) is 19.8. The van der Waals surface area contributed by atoms with E-state index in [1.807, 2.05) is 12.1 Å². The van der Waals surface area contributed by atoms with Crippen LogP contribution in [0.25, 0.3) is 0 Å². The van der Waals surface area contributed by atoms with Crippen molar-refractivity contribution in [2.45, 2.75) is 56.4 Å². The Morgan fingerprint density at radius 1 is 1.07 bits per heavy atom. The number of halogens is 1. The number of nitrogens with one attached hydrogen (secondary N) is 2. The van der Waals surface area contributed by atoms with Crippen LogP contribution < -0.4 is 10.6 Å². The summed E-state index contributed by atoms with van der Waals surface area (Å²) in [5.41, 5.74) is 2.57. The molecule has 1 aromatic rings. The summed E-state index contributed by atoms with van der Waals surface area (Å²) in [7, 11) is -1.58. The number of nitrogens with zero attached hydrogens (tertiary/aromatic N) is 2. The van der Waals surface area contributed by atoms with E-state index in [1.54, 1.807) is 29.1 Å². The van der Waals surface area contributed by atoms with E-state index in [1.165, 1.54) is 25.7 Å². The van der Waals surface area contributed by atoms with Crippen LogP contribution in [0.4, 0.5) is 0 Å². The smallest absolute Gasteiger partial charge is 0.243 e. The third-order valence-electron chi connectivity index (χ3n) is 5.43. The van der Waals surface area contributed by atoms with Crippen molar-refractivity contribution in [3.05, 3.63) is 41.5 Å². The molecule has 0 bridgehead atoms. The minimum absolute atomic E-state index is 0. The van der Waals surface area contributed by atoms with Gasteiger partial charge in [0.2, 0.25) is 10.0 Å². The average Bonchev–Trinajstić information content (AvgIpc) is 3.27. The van der Waals surface area contributed by atoms with Crippen LogP contribution in [0, 0.1) is 0 Å². The Bertz CT molecular complexity index is 800. The van der Waals surface area contributed by atoms with E-state index >= 15 is 0 Å². The van der Waals surface area contributed by atoms with E-state index in [0.29, 0.717) is 24.5 Å². The van der Waals surface area contributed by atoms with Gasteiger partial charge < -0.3 is 10.6 Å². The second-order valence-corrected chi connectivity index (χ2v) is 9.40. The van der Waals surface area contributed by atoms with Crippen LogP contribution in [-0.4, -0.2) is 45.4 Å². The van der Waals surface area contributed by atoms with Crippen LogP contribution in [0.2, 0.25) is 0 Å². The van der Waals surface area contributed by atoms with E-state index in [-0.39, 0.29) is 24.0 Å². The van der Waals surface area contributed by atoms with Gasteiger partial charge in [-0.25, -0.2) is 8.42 Å². The molecule has 1 aliphatic heterocycles. The number of hydrogen-bond acceptors (Lipinski definition) is 3. The number of guanidine groups is 1. The lowest BCUT2D eigenvalue weighted by Crippen LogP contribution is -2.37. The number of hydrogen-bond donors (Lipinski definition) is 2. The predicted molar refractivity (Wildman–Crippen MR) is 129 cm³/mol. The number of sulfonamides is 1. The molecule has 2 N–H and O–H groups in total. The molecule has 6 nitrogen and oxygen atoms in total. The predicted octanol–water partition coefficient (Wildman–Crippen LogP) is 3.64. The van der Waals surface area contributed by atoms with Gasteiger partial charge in [-0.2, -0.15) is 4.31 Å². The van der Waals surface area contributed by atoms with E-state index in [4.69, 9.17) is 0 Å². The molecule has 1 saturated heterocycles. The molecule has 0 unspecified atom stereocenters. The highest BCUT2D eigenvalue weighted by molar-refractivity contribution is 14.0. The minimum atomic E-state index is -3.34. The highest BCUT2D eigenvalue weighted by Gasteiger charge is 2.26. The third kappa shape index (κ3) is 6.96. The molecule has 1 aromatic carbocycles. The maximum absolute atomic E-state index is 12.6. The Kier molecular flexibility index (Phi) is 9.91. The number of benzene rings is 1. The molecule has 0 atom stereocenters. The Morgan fingerprint density at radius 2 is 1.79 bits per heavy atom. The maximum Gasteiger partial charge on any atom is 0.243 e. The van der Waals surface area contributed by atoms with Crippen molar-refractivity contribution in [1.29, 1.82) is 0 Å². The fourth-order valence-electron chi connectivity index (χ4n) is 3.74. The van der Waals surface area contributed by atoms with Gasteiger partial charge in [-0.3, -0.25) is 4.99 Å². The topological polar surface area (TPSA) is 73.8 Å². The van der Waals surface area contributed by atoms with Gasteiger partial charge in [-0.15, -0.1) is 24.0 Å². The van der Waals surface area contributed by atoms with Crippen molar-refractivity contribution in [2.75, 3.05) is 26.7 Å². The first kappa shape index (κ1) is 24.1. The zero-order valence-electron chi connectivity index (χ0n) is 17.2. The molecule has 1 heterocycles. The number of aliphatic imine (C=N–C) groups is 1. The van der Waals surface area contributed by atoms with Crippen LogP contribution in [0.15, 0.2) is 45.8 Å². The van der Waals surface area contributed by atoms with Crippen molar-refractivity contribution in [1.82, 2.24) is 14.9 Å². The van der Waals surface area contributed by atoms with Crippen LogP contribution in [0.3, 0.4) is 0 Å². The Hall–Kier alpha value is -1.13. The molecular formula is C21H33IN4O2S. The fourth-order valence-corrected chi connectivity index (χ4v) is 5.25. The summed E-state index contributed by atoms with van der Waals surface area (Å²) in [6.45, 7) is 2.74. The normalized spacial score (nSPS) is 18.1. The van der Waals surface area contributed by atoms with E-state index in [2.05, 4.69) is 21.7 Å².